The van der Waals surface area contributed by atoms with Gasteiger partial charge in [-0.1, -0.05) is 6.92 Å². The molecule has 2 unspecified atom stereocenters. The maximum Gasteiger partial charge on any atom is 0.0597 e. The van der Waals surface area contributed by atoms with Crippen molar-refractivity contribution in [1.29, 1.82) is 0 Å². The van der Waals surface area contributed by atoms with Crippen LogP contribution in [0.4, 0.5) is 0 Å². The summed E-state index contributed by atoms with van der Waals surface area (Å²) in [6.45, 7) is 2.43. The lowest BCUT2D eigenvalue weighted by Crippen LogP contribution is -2.52. The summed E-state index contributed by atoms with van der Waals surface area (Å²) >= 11 is 0. The lowest BCUT2D eigenvalue weighted by molar-refractivity contribution is -0.127. The number of hydrogen-bond acceptors (Lipinski definition) is 1. The second-order valence-electron chi connectivity index (χ2n) is 5.77. The largest absolute Gasteiger partial charge is 0.393 e. The zero-order chi connectivity index (χ0) is 8.34. The average Bonchev–Trinajstić information content (AvgIpc) is 1.96. The van der Waals surface area contributed by atoms with Crippen LogP contribution < -0.4 is 0 Å². The zero-order valence-corrected chi connectivity index (χ0v) is 7.79. The standard InChI is InChI=1S/C11H18O/c1-11-4-7-2-8(5-11)10(12)9(3-7)6-11/h7-10,12H,2-6H2,1H3. The summed E-state index contributed by atoms with van der Waals surface area (Å²) in [5.74, 6) is 2.30. The SMILES string of the molecule is CC12CC3CC(C1)C(O)C(C3)C2. The Balaban J connectivity index is 1.95. The minimum Gasteiger partial charge on any atom is -0.393 e. The second kappa shape index (κ2) is 2.06. The normalized spacial score (nSPS) is 62.5. The van der Waals surface area contributed by atoms with E-state index in [0.717, 1.165) is 5.92 Å². The molecule has 0 heterocycles. The fourth-order valence-corrected chi connectivity index (χ4v) is 4.40. The van der Waals surface area contributed by atoms with E-state index in [2.05, 4.69) is 6.92 Å². The van der Waals surface area contributed by atoms with Crippen LogP contribution in [0.5, 0.6) is 0 Å². The van der Waals surface area contributed by atoms with Crippen molar-refractivity contribution >= 4 is 0 Å². The fraction of sp³-hybridized carbons (Fsp3) is 1.00. The van der Waals surface area contributed by atoms with E-state index in [4.69, 9.17) is 0 Å². The first kappa shape index (κ1) is 7.37. The molecule has 4 fully saturated rings. The van der Waals surface area contributed by atoms with E-state index in [1.807, 2.05) is 0 Å². The van der Waals surface area contributed by atoms with Gasteiger partial charge in [0.25, 0.3) is 0 Å². The van der Waals surface area contributed by atoms with Crippen LogP contribution in [-0.2, 0) is 0 Å². The summed E-state index contributed by atoms with van der Waals surface area (Å²) in [5.41, 5.74) is 0.621. The van der Waals surface area contributed by atoms with Crippen molar-refractivity contribution in [1.82, 2.24) is 0 Å². The lowest BCUT2D eigenvalue weighted by Gasteiger charge is -2.57. The highest BCUT2D eigenvalue weighted by atomic mass is 16.3. The van der Waals surface area contributed by atoms with Gasteiger partial charge in [0, 0.05) is 0 Å². The Morgan fingerprint density at radius 3 is 2.17 bits per heavy atom. The van der Waals surface area contributed by atoms with Gasteiger partial charge in [-0.3, -0.25) is 0 Å². The average molecular weight is 166 g/mol. The number of aliphatic hydroxyl groups is 1. The van der Waals surface area contributed by atoms with E-state index in [1.54, 1.807) is 0 Å². The van der Waals surface area contributed by atoms with Crippen molar-refractivity contribution in [2.24, 2.45) is 23.2 Å². The Hall–Kier alpha value is -0.0400. The molecule has 0 radical (unpaired) electrons. The summed E-state index contributed by atoms with van der Waals surface area (Å²) in [6.07, 6.45) is 6.78. The van der Waals surface area contributed by atoms with E-state index in [-0.39, 0.29) is 6.10 Å². The van der Waals surface area contributed by atoms with Gasteiger partial charge in [-0.15, -0.1) is 0 Å². The summed E-state index contributed by atoms with van der Waals surface area (Å²) in [7, 11) is 0. The maximum atomic E-state index is 9.94. The predicted octanol–water partition coefficient (Wildman–Crippen LogP) is 2.19. The molecule has 1 nitrogen and oxygen atoms in total. The van der Waals surface area contributed by atoms with Crippen LogP contribution in [0.15, 0.2) is 0 Å². The first-order valence-corrected chi connectivity index (χ1v) is 5.34. The molecule has 4 aliphatic rings. The third kappa shape index (κ3) is 0.834. The van der Waals surface area contributed by atoms with Gasteiger partial charge in [0.1, 0.15) is 0 Å². The smallest absolute Gasteiger partial charge is 0.0597 e. The first-order valence-electron chi connectivity index (χ1n) is 5.34. The van der Waals surface area contributed by atoms with Gasteiger partial charge in [-0.25, -0.2) is 0 Å². The molecule has 1 heteroatoms. The van der Waals surface area contributed by atoms with Crippen molar-refractivity contribution < 1.29 is 5.11 Å². The van der Waals surface area contributed by atoms with E-state index >= 15 is 0 Å². The lowest BCUT2D eigenvalue weighted by atomic mass is 9.49. The Morgan fingerprint density at radius 2 is 1.67 bits per heavy atom. The Labute approximate surface area is 74.2 Å². The Kier molecular flexibility index (Phi) is 1.27. The highest BCUT2D eigenvalue weighted by molar-refractivity contribution is 5.03. The second-order valence-corrected chi connectivity index (χ2v) is 5.77. The van der Waals surface area contributed by atoms with Crippen LogP contribution in [0.3, 0.4) is 0 Å². The third-order valence-electron chi connectivity index (χ3n) is 4.53. The topological polar surface area (TPSA) is 20.2 Å². The minimum atomic E-state index is 0.0645. The van der Waals surface area contributed by atoms with Gasteiger partial charge in [-0.05, 0) is 55.3 Å². The summed E-state index contributed by atoms with van der Waals surface area (Å²) < 4.78 is 0. The molecule has 0 aromatic carbocycles. The van der Waals surface area contributed by atoms with Crippen LogP contribution in [0.2, 0.25) is 0 Å². The molecule has 2 atom stereocenters. The molecule has 0 aliphatic heterocycles. The summed E-state index contributed by atoms with van der Waals surface area (Å²) in [5, 5.41) is 9.94. The molecule has 1 N–H and O–H groups in total. The third-order valence-corrected chi connectivity index (χ3v) is 4.53. The quantitative estimate of drug-likeness (QED) is 0.585. The Bertz CT molecular complexity index is 195. The van der Waals surface area contributed by atoms with Crippen molar-refractivity contribution in [2.75, 3.05) is 0 Å². The van der Waals surface area contributed by atoms with E-state index in [9.17, 15) is 5.11 Å². The van der Waals surface area contributed by atoms with E-state index < -0.39 is 0 Å². The molecule has 0 amide bonds. The van der Waals surface area contributed by atoms with Gasteiger partial charge >= 0.3 is 0 Å². The molecule has 68 valence electrons. The van der Waals surface area contributed by atoms with Crippen molar-refractivity contribution in [3.05, 3.63) is 0 Å². The summed E-state index contributed by atoms with van der Waals surface area (Å²) in [6, 6.07) is 0. The molecule has 4 aliphatic carbocycles. The predicted molar refractivity (Wildman–Crippen MR) is 47.7 cm³/mol. The molecule has 0 aromatic rings. The molecule has 0 saturated heterocycles. The van der Waals surface area contributed by atoms with Crippen LogP contribution in [0.1, 0.15) is 39.0 Å². The number of hydrogen-bond donors (Lipinski definition) is 1. The van der Waals surface area contributed by atoms with Crippen molar-refractivity contribution in [3.63, 3.8) is 0 Å². The highest BCUT2D eigenvalue weighted by Gasteiger charge is 2.52. The van der Waals surface area contributed by atoms with Crippen LogP contribution in [0, 0.1) is 23.2 Å². The van der Waals surface area contributed by atoms with Crippen LogP contribution >= 0.6 is 0 Å². The molecule has 4 saturated carbocycles. The molecule has 12 heavy (non-hydrogen) atoms. The van der Waals surface area contributed by atoms with Crippen molar-refractivity contribution in [3.8, 4) is 0 Å². The zero-order valence-electron chi connectivity index (χ0n) is 7.79. The van der Waals surface area contributed by atoms with Crippen LogP contribution in [0.25, 0.3) is 0 Å². The molecule has 0 aromatic heterocycles. The number of aliphatic hydroxyl groups excluding tert-OH is 1. The molecule has 4 rings (SSSR count). The highest BCUT2D eigenvalue weighted by Crippen LogP contribution is 2.59. The molecular formula is C11H18O. The fourth-order valence-electron chi connectivity index (χ4n) is 4.40. The monoisotopic (exact) mass is 166 g/mol. The van der Waals surface area contributed by atoms with Crippen LogP contribution in [-0.4, -0.2) is 11.2 Å². The first-order chi connectivity index (χ1) is 5.66. The maximum absolute atomic E-state index is 9.94. The van der Waals surface area contributed by atoms with Gasteiger partial charge in [0.05, 0.1) is 6.10 Å². The molecule has 4 bridgehead atoms. The van der Waals surface area contributed by atoms with Gasteiger partial charge in [-0.2, -0.15) is 0 Å². The van der Waals surface area contributed by atoms with E-state index in [1.165, 1.54) is 32.1 Å². The van der Waals surface area contributed by atoms with E-state index in [0.29, 0.717) is 17.3 Å². The number of rotatable bonds is 0. The van der Waals surface area contributed by atoms with Gasteiger partial charge in [0.15, 0.2) is 0 Å². The molecular weight excluding hydrogens is 148 g/mol. The van der Waals surface area contributed by atoms with Crippen molar-refractivity contribution in [2.45, 2.75) is 45.1 Å². The van der Waals surface area contributed by atoms with Gasteiger partial charge in [0.2, 0.25) is 0 Å². The van der Waals surface area contributed by atoms with Gasteiger partial charge < -0.3 is 5.11 Å². The summed E-state index contributed by atoms with van der Waals surface area (Å²) in [4.78, 5) is 0. The Morgan fingerprint density at radius 1 is 1.08 bits per heavy atom. The minimum absolute atomic E-state index is 0.0645. The molecule has 0 spiro atoms.